The Morgan fingerprint density at radius 1 is 0.875 bits per heavy atom. The summed E-state index contributed by atoms with van der Waals surface area (Å²) in [5.74, 6) is 0.0509. The Kier molecular flexibility index (Phi) is 10.5. The zero-order valence-corrected chi connectivity index (χ0v) is 10.6. The van der Waals surface area contributed by atoms with Gasteiger partial charge in [0.05, 0.1) is 0 Å². The van der Waals surface area contributed by atoms with Crippen molar-refractivity contribution in [3.8, 4) is 0 Å². The van der Waals surface area contributed by atoms with Crippen molar-refractivity contribution >= 4 is 11.8 Å². The van der Waals surface area contributed by atoms with Crippen molar-refractivity contribution < 1.29 is 9.59 Å². The first-order valence-electron chi connectivity index (χ1n) is 5.03. The van der Waals surface area contributed by atoms with Crippen molar-refractivity contribution in [2.45, 2.75) is 26.7 Å². The van der Waals surface area contributed by atoms with Crippen molar-refractivity contribution in [1.29, 1.82) is 0 Å². The van der Waals surface area contributed by atoms with Gasteiger partial charge < -0.3 is 10.6 Å². The lowest BCUT2D eigenvalue weighted by Crippen LogP contribution is -2.17. The molecule has 4 heteroatoms. The Morgan fingerprint density at radius 3 is 1.19 bits per heavy atom. The van der Waals surface area contributed by atoms with Crippen molar-refractivity contribution in [3.63, 3.8) is 0 Å². The number of hydrogen-bond donors (Lipinski definition) is 2. The fraction of sp³-hybridized carbons (Fsp3) is 0.500. The number of carbonyl (C=O) groups is 2. The van der Waals surface area contributed by atoms with Crippen molar-refractivity contribution in [1.82, 2.24) is 10.6 Å². The summed E-state index contributed by atoms with van der Waals surface area (Å²) in [7, 11) is 3.23. The molecule has 0 spiro atoms. The van der Waals surface area contributed by atoms with Gasteiger partial charge >= 0.3 is 0 Å². The van der Waals surface area contributed by atoms with Crippen molar-refractivity contribution in [3.05, 3.63) is 24.3 Å². The van der Waals surface area contributed by atoms with Crippen LogP contribution in [0.5, 0.6) is 0 Å². The molecule has 0 radical (unpaired) electrons. The second kappa shape index (κ2) is 9.96. The van der Waals surface area contributed by atoms with Crippen LogP contribution in [-0.4, -0.2) is 25.9 Å². The van der Waals surface area contributed by atoms with E-state index in [4.69, 9.17) is 0 Å². The summed E-state index contributed by atoms with van der Waals surface area (Å²) >= 11 is 0. The van der Waals surface area contributed by atoms with Gasteiger partial charge in [-0.1, -0.05) is 24.3 Å². The average Bonchev–Trinajstić information content (AvgIpc) is 2.16. The quantitative estimate of drug-likeness (QED) is 0.712. The Bertz CT molecular complexity index is 242. The van der Waals surface area contributed by atoms with E-state index in [1.165, 1.54) is 0 Å². The summed E-state index contributed by atoms with van der Waals surface area (Å²) in [6.07, 6.45) is 0.882. The van der Waals surface area contributed by atoms with Crippen LogP contribution in [0.3, 0.4) is 0 Å². The second-order valence-corrected chi connectivity index (χ2v) is 3.61. The van der Waals surface area contributed by atoms with E-state index in [2.05, 4.69) is 23.8 Å². The molecule has 0 saturated carbocycles. The molecule has 0 aromatic heterocycles. The number of amides is 2. The minimum atomic E-state index is 0.0255. The van der Waals surface area contributed by atoms with Gasteiger partial charge in [-0.3, -0.25) is 9.59 Å². The van der Waals surface area contributed by atoms with Crippen molar-refractivity contribution in [2.75, 3.05) is 14.1 Å². The molecular weight excluding hydrogens is 204 g/mol. The standard InChI is InChI=1S/2C6H11NO/c2*1-5(2)4-6(8)7-3/h2*1,4H2,2-3H3,(H,7,8). The third kappa shape index (κ3) is 14.9. The lowest BCUT2D eigenvalue weighted by atomic mass is 10.2. The molecule has 0 saturated heterocycles. The van der Waals surface area contributed by atoms with Crippen LogP contribution >= 0.6 is 0 Å². The van der Waals surface area contributed by atoms with Crippen LogP contribution in [0.25, 0.3) is 0 Å². The summed E-state index contributed by atoms with van der Waals surface area (Å²) in [6.45, 7) is 10.8. The van der Waals surface area contributed by atoms with Gasteiger partial charge in [0.2, 0.25) is 11.8 Å². The van der Waals surface area contributed by atoms with Crippen LogP contribution in [-0.2, 0) is 9.59 Å². The Balaban J connectivity index is 0. The average molecular weight is 226 g/mol. The van der Waals surface area contributed by atoms with Crippen LogP contribution in [0.4, 0.5) is 0 Å². The van der Waals surface area contributed by atoms with Gasteiger partial charge in [0, 0.05) is 26.9 Å². The first kappa shape index (κ1) is 16.8. The van der Waals surface area contributed by atoms with Gasteiger partial charge in [-0.05, 0) is 13.8 Å². The number of nitrogens with one attached hydrogen (secondary N) is 2. The summed E-state index contributed by atoms with van der Waals surface area (Å²) in [5, 5.41) is 4.99. The summed E-state index contributed by atoms with van der Waals surface area (Å²) < 4.78 is 0. The highest BCUT2D eigenvalue weighted by atomic mass is 16.2. The third-order valence-corrected chi connectivity index (χ3v) is 1.48. The first-order chi connectivity index (χ1) is 7.33. The molecule has 0 aromatic rings. The maximum absolute atomic E-state index is 10.5. The van der Waals surface area contributed by atoms with Gasteiger partial charge in [0.1, 0.15) is 0 Å². The highest BCUT2D eigenvalue weighted by Gasteiger charge is 1.94. The van der Waals surface area contributed by atoms with E-state index >= 15 is 0 Å². The smallest absolute Gasteiger partial charge is 0.223 e. The van der Waals surface area contributed by atoms with Crippen molar-refractivity contribution in [2.24, 2.45) is 0 Å². The molecule has 0 aromatic carbocycles. The Morgan fingerprint density at radius 2 is 1.12 bits per heavy atom. The van der Waals surface area contributed by atoms with Gasteiger partial charge in [-0.25, -0.2) is 0 Å². The molecule has 0 atom stereocenters. The molecule has 2 N–H and O–H groups in total. The summed E-state index contributed by atoms with van der Waals surface area (Å²) in [5.41, 5.74) is 1.79. The van der Waals surface area contributed by atoms with Crippen LogP contribution in [0.2, 0.25) is 0 Å². The van der Waals surface area contributed by atoms with Gasteiger partial charge in [-0.15, -0.1) is 0 Å². The van der Waals surface area contributed by atoms with Crippen LogP contribution in [0, 0.1) is 0 Å². The van der Waals surface area contributed by atoms with E-state index in [0.717, 1.165) is 11.1 Å². The summed E-state index contributed by atoms with van der Waals surface area (Å²) in [4.78, 5) is 20.9. The zero-order valence-electron chi connectivity index (χ0n) is 10.6. The molecular formula is C12H22N2O2. The highest BCUT2D eigenvalue weighted by molar-refractivity contribution is 5.78. The minimum absolute atomic E-state index is 0.0255. The monoisotopic (exact) mass is 226 g/mol. The van der Waals surface area contributed by atoms with Crippen LogP contribution in [0.15, 0.2) is 24.3 Å². The molecule has 0 aliphatic rings. The Hall–Kier alpha value is -1.58. The maximum Gasteiger partial charge on any atom is 0.223 e. The molecule has 0 fully saturated rings. The van der Waals surface area contributed by atoms with Gasteiger partial charge in [-0.2, -0.15) is 0 Å². The number of rotatable bonds is 4. The first-order valence-corrected chi connectivity index (χ1v) is 5.03. The van der Waals surface area contributed by atoms with Crippen LogP contribution < -0.4 is 10.6 Å². The molecule has 2 amide bonds. The molecule has 16 heavy (non-hydrogen) atoms. The SMILES string of the molecule is C=C(C)CC(=O)NC.C=C(C)CC(=O)NC. The Labute approximate surface area is 97.8 Å². The van der Waals surface area contributed by atoms with Gasteiger partial charge in [0.25, 0.3) is 0 Å². The predicted molar refractivity (Wildman–Crippen MR) is 67.0 cm³/mol. The van der Waals surface area contributed by atoms with E-state index in [0.29, 0.717) is 12.8 Å². The second-order valence-electron chi connectivity index (χ2n) is 3.61. The molecule has 4 nitrogen and oxygen atoms in total. The fourth-order valence-electron chi connectivity index (χ4n) is 0.725. The van der Waals surface area contributed by atoms with E-state index in [9.17, 15) is 9.59 Å². The largest absolute Gasteiger partial charge is 0.359 e. The normalized spacial score (nSPS) is 8.25. The highest BCUT2D eigenvalue weighted by Crippen LogP contribution is 1.92. The lowest BCUT2D eigenvalue weighted by Gasteiger charge is -1.94. The minimum Gasteiger partial charge on any atom is -0.359 e. The third-order valence-electron chi connectivity index (χ3n) is 1.48. The topological polar surface area (TPSA) is 58.2 Å². The molecule has 0 heterocycles. The lowest BCUT2D eigenvalue weighted by molar-refractivity contribution is -0.120. The van der Waals surface area contributed by atoms with E-state index < -0.39 is 0 Å². The maximum atomic E-state index is 10.5. The van der Waals surface area contributed by atoms with E-state index in [-0.39, 0.29) is 11.8 Å². The number of carbonyl (C=O) groups excluding carboxylic acids is 2. The van der Waals surface area contributed by atoms with Gasteiger partial charge in [0.15, 0.2) is 0 Å². The fourth-order valence-corrected chi connectivity index (χ4v) is 0.725. The van der Waals surface area contributed by atoms with E-state index in [1.807, 2.05) is 13.8 Å². The molecule has 0 aliphatic carbocycles. The number of hydrogen-bond acceptors (Lipinski definition) is 2. The zero-order chi connectivity index (χ0) is 13.1. The molecule has 0 rings (SSSR count). The predicted octanol–water partition coefficient (Wildman–Crippen LogP) is 1.40. The molecule has 92 valence electrons. The van der Waals surface area contributed by atoms with E-state index in [1.54, 1.807) is 14.1 Å². The molecule has 0 unspecified atom stereocenters. The molecule has 0 bridgehead atoms. The van der Waals surface area contributed by atoms with Crippen LogP contribution in [0.1, 0.15) is 26.7 Å². The molecule has 0 aliphatic heterocycles. The summed E-state index contributed by atoms with van der Waals surface area (Å²) in [6, 6.07) is 0.